The van der Waals surface area contributed by atoms with Crippen molar-refractivity contribution < 1.29 is 9.42 Å². The second-order valence-electron chi connectivity index (χ2n) is 4.65. The van der Waals surface area contributed by atoms with E-state index in [1.807, 2.05) is 37.3 Å². The Balaban J connectivity index is 1.86. The average molecular weight is 279 g/mol. The number of aryl methyl sites for hydroxylation is 1. The van der Waals surface area contributed by atoms with Crippen molar-refractivity contribution >= 4 is 11.7 Å². The van der Waals surface area contributed by atoms with Crippen LogP contribution in [0.4, 0.5) is 5.82 Å². The predicted octanol–water partition coefficient (Wildman–Crippen LogP) is 3.30. The highest BCUT2D eigenvalue weighted by Gasteiger charge is 2.15. The smallest absolute Gasteiger partial charge is 0.256 e. The summed E-state index contributed by atoms with van der Waals surface area (Å²) in [6, 6.07) is 16.7. The lowest BCUT2D eigenvalue weighted by atomic mass is 10.1. The zero-order valence-electron chi connectivity index (χ0n) is 11.4. The molecule has 0 aliphatic carbocycles. The van der Waals surface area contributed by atoms with E-state index in [0.717, 1.165) is 11.1 Å². The zero-order chi connectivity index (χ0) is 14.7. The van der Waals surface area contributed by atoms with Crippen LogP contribution in [-0.4, -0.2) is 16.2 Å². The summed E-state index contributed by atoms with van der Waals surface area (Å²) in [6.45, 7) is 2.00. The first-order valence-corrected chi connectivity index (χ1v) is 6.50. The van der Waals surface area contributed by atoms with Crippen molar-refractivity contribution in [1.82, 2.24) is 10.3 Å². The van der Waals surface area contributed by atoms with Gasteiger partial charge in [-0.15, -0.1) is 0 Å². The first kappa shape index (κ1) is 13.1. The van der Waals surface area contributed by atoms with Crippen LogP contribution >= 0.6 is 0 Å². The van der Waals surface area contributed by atoms with E-state index < -0.39 is 0 Å². The van der Waals surface area contributed by atoms with Crippen molar-refractivity contribution in [3.05, 3.63) is 65.7 Å². The van der Waals surface area contributed by atoms with Crippen LogP contribution in [0, 0.1) is 6.92 Å². The molecule has 3 aromatic rings. The molecule has 0 aliphatic heterocycles. The fourth-order valence-corrected chi connectivity index (χ4v) is 1.94. The number of aromatic nitrogens is 2. The van der Waals surface area contributed by atoms with Gasteiger partial charge in [0.25, 0.3) is 5.91 Å². The minimum atomic E-state index is -0.250. The van der Waals surface area contributed by atoms with Crippen molar-refractivity contribution in [2.24, 2.45) is 0 Å². The molecule has 2 aromatic carbocycles. The Labute approximate surface area is 121 Å². The van der Waals surface area contributed by atoms with Crippen molar-refractivity contribution in [1.29, 1.82) is 0 Å². The molecule has 0 bridgehead atoms. The number of carbonyl (C=O) groups is 1. The Morgan fingerprint density at radius 3 is 2.43 bits per heavy atom. The van der Waals surface area contributed by atoms with Crippen LogP contribution < -0.4 is 5.32 Å². The van der Waals surface area contributed by atoms with Crippen LogP contribution in [0.25, 0.3) is 11.3 Å². The highest BCUT2D eigenvalue weighted by molar-refractivity contribution is 6.05. The highest BCUT2D eigenvalue weighted by Crippen LogP contribution is 2.24. The minimum Gasteiger partial charge on any atom is -0.302 e. The van der Waals surface area contributed by atoms with Gasteiger partial charge in [0.05, 0.1) is 0 Å². The molecule has 0 radical (unpaired) electrons. The van der Waals surface area contributed by atoms with Gasteiger partial charge in [0.15, 0.2) is 5.69 Å². The summed E-state index contributed by atoms with van der Waals surface area (Å²) < 4.78 is 4.75. The third kappa shape index (κ3) is 2.81. The summed E-state index contributed by atoms with van der Waals surface area (Å²) in [5.74, 6) is 0.0624. The number of hydrogen-bond acceptors (Lipinski definition) is 4. The summed E-state index contributed by atoms with van der Waals surface area (Å²) in [4.78, 5) is 12.1. The summed E-state index contributed by atoms with van der Waals surface area (Å²) in [5.41, 5.74) is 3.05. The van der Waals surface area contributed by atoms with Gasteiger partial charge in [-0.2, -0.15) is 0 Å². The normalized spacial score (nSPS) is 10.3. The maximum Gasteiger partial charge on any atom is 0.256 e. The predicted molar refractivity (Wildman–Crippen MR) is 78.9 cm³/mol. The molecule has 0 atom stereocenters. The van der Waals surface area contributed by atoms with Gasteiger partial charge in [0.2, 0.25) is 5.82 Å². The summed E-state index contributed by atoms with van der Waals surface area (Å²) >= 11 is 0. The lowest BCUT2D eigenvalue weighted by Gasteiger charge is -2.03. The summed E-state index contributed by atoms with van der Waals surface area (Å²) in [6.07, 6.45) is 0. The monoisotopic (exact) mass is 279 g/mol. The maximum absolute atomic E-state index is 12.1. The lowest BCUT2D eigenvalue weighted by molar-refractivity contribution is 0.102. The second-order valence-corrected chi connectivity index (χ2v) is 4.65. The van der Waals surface area contributed by atoms with Crippen LogP contribution in [0.5, 0.6) is 0 Å². The molecule has 0 fully saturated rings. The standard InChI is InChI=1S/C16H13N3O2/c1-11-7-9-12(10-8-11)14-15(19-21-18-14)17-16(20)13-5-3-2-4-6-13/h2-10H,1H3,(H,17,19,20). The first-order chi connectivity index (χ1) is 10.2. The minimum absolute atomic E-state index is 0.250. The quantitative estimate of drug-likeness (QED) is 0.798. The Morgan fingerprint density at radius 2 is 1.71 bits per heavy atom. The average Bonchev–Trinajstić information content (AvgIpc) is 2.97. The van der Waals surface area contributed by atoms with Crippen LogP contribution in [0.1, 0.15) is 15.9 Å². The third-order valence-electron chi connectivity index (χ3n) is 3.08. The number of nitrogens with zero attached hydrogens (tertiary/aromatic N) is 2. The Bertz CT molecular complexity index is 749. The van der Waals surface area contributed by atoms with Crippen LogP contribution in [0.15, 0.2) is 59.2 Å². The van der Waals surface area contributed by atoms with E-state index >= 15 is 0 Å². The second kappa shape index (κ2) is 5.58. The molecular weight excluding hydrogens is 266 g/mol. The van der Waals surface area contributed by atoms with E-state index in [0.29, 0.717) is 17.1 Å². The van der Waals surface area contributed by atoms with Gasteiger partial charge in [-0.1, -0.05) is 48.0 Å². The van der Waals surface area contributed by atoms with E-state index in [2.05, 4.69) is 15.6 Å². The van der Waals surface area contributed by atoms with Gasteiger partial charge in [-0.3, -0.25) is 4.79 Å². The number of rotatable bonds is 3. The van der Waals surface area contributed by atoms with Gasteiger partial charge in [0.1, 0.15) is 0 Å². The molecule has 1 aromatic heterocycles. The van der Waals surface area contributed by atoms with Crippen molar-refractivity contribution in [2.75, 3.05) is 5.32 Å². The molecule has 0 aliphatic rings. The van der Waals surface area contributed by atoms with Crippen molar-refractivity contribution in [2.45, 2.75) is 6.92 Å². The van der Waals surface area contributed by atoms with E-state index in [9.17, 15) is 4.79 Å². The SMILES string of the molecule is Cc1ccc(-c2nonc2NC(=O)c2ccccc2)cc1. The number of carbonyl (C=O) groups excluding carboxylic acids is 1. The molecule has 104 valence electrons. The largest absolute Gasteiger partial charge is 0.302 e. The summed E-state index contributed by atoms with van der Waals surface area (Å²) in [5, 5.41) is 10.3. The third-order valence-corrected chi connectivity index (χ3v) is 3.08. The lowest BCUT2D eigenvalue weighted by Crippen LogP contribution is -2.12. The molecule has 1 N–H and O–H groups in total. The molecule has 1 heterocycles. The van der Waals surface area contributed by atoms with Gasteiger partial charge in [-0.25, -0.2) is 4.63 Å². The fourth-order valence-electron chi connectivity index (χ4n) is 1.94. The van der Waals surface area contributed by atoms with E-state index in [4.69, 9.17) is 4.63 Å². The Kier molecular flexibility index (Phi) is 3.47. The van der Waals surface area contributed by atoms with Gasteiger partial charge < -0.3 is 5.32 Å². The van der Waals surface area contributed by atoms with E-state index in [1.165, 1.54) is 0 Å². The van der Waals surface area contributed by atoms with E-state index in [-0.39, 0.29) is 5.91 Å². The molecular formula is C16H13N3O2. The highest BCUT2D eigenvalue weighted by atomic mass is 16.6. The van der Waals surface area contributed by atoms with Crippen LogP contribution in [0.2, 0.25) is 0 Å². The maximum atomic E-state index is 12.1. The van der Waals surface area contributed by atoms with E-state index in [1.54, 1.807) is 24.3 Å². The Morgan fingerprint density at radius 1 is 1.00 bits per heavy atom. The molecule has 5 heteroatoms. The summed E-state index contributed by atoms with van der Waals surface area (Å²) in [7, 11) is 0. The molecule has 0 saturated carbocycles. The van der Waals surface area contributed by atoms with Crippen LogP contribution in [-0.2, 0) is 0 Å². The van der Waals surface area contributed by atoms with Crippen molar-refractivity contribution in [3.63, 3.8) is 0 Å². The number of anilines is 1. The molecule has 0 saturated heterocycles. The van der Waals surface area contributed by atoms with Gasteiger partial charge in [0, 0.05) is 11.1 Å². The van der Waals surface area contributed by atoms with Gasteiger partial charge >= 0.3 is 0 Å². The molecule has 0 unspecified atom stereocenters. The van der Waals surface area contributed by atoms with Crippen molar-refractivity contribution in [3.8, 4) is 11.3 Å². The van der Waals surface area contributed by atoms with Crippen LogP contribution in [0.3, 0.4) is 0 Å². The fraction of sp³-hybridized carbons (Fsp3) is 0.0625. The molecule has 1 amide bonds. The molecule has 3 rings (SSSR count). The molecule has 5 nitrogen and oxygen atoms in total. The number of nitrogens with one attached hydrogen (secondary N) is 1. The Hall–Kier alpha value is -2.95. The number of benzene rings is 2. The topological polar surface area (TPSA) is 68.0 Å². The number of amides is 1. The molecule has 21 heavy (non-hydrogen) atoms. The molecule has 0 spiro atoms. The zero-order valence-corrected chi connectivity index (χ0v) is 11.4. The first-order valence-electron chi connectivity index (χ1n) is 6.50. The van der Waals surface area contributed by atoms with Gasteiger partial charge in [-0.05, 0) is 29.4 Å². The number of hydrogen-bond donors (Lipinski definition) is 1.